The highest BCUT2D eigenvalue weighted by atomic mass is 127. The summed E-state index contributed by atoms with van der Waals surface area (Å²) in [4.78, 5) is 7.32. The van der Waals surface area contributed by atoms with E-state index in [-0.39, 0.29) is 24.0 Å². The van der Waals surface area contributed by atoms with E-state index in [1.807, 2.05) is 6.07 Å². The second-order valence-corrected chi connectivity index (χ2v) is 8.19. The van der Waals surface area contributed by atoms with Crippen LogP contribution in [-0.4, -0.2) is 49.7 Å². The standard InChI is InChI=1S/C26H38N4O.HI/c1-2-27-26(28-17-9-10-20-31-22-24-13-7-4-8-14-24)29-25-15-18-30(19-16-25)21-23-11-5-3-6-12-23;/h3-8,11-14,25H,2,9-10,15-22H2,1H3,(H2,27,28,29);1H. The van der Waals surface area contributed by atoms with E-state index >= 15 is 0 Å². The summed E-state index contributed by atoms with van der Waals surface area (Å²) in [6.07, 6.45) is 4.39. The highest BCUT2D eigenvalue weighted by Crippen LogP contribution is 2.13. The smallest absolute Gasteiger partial charge is 0.191 e. The van der Waals surface area contributed by atoms with Gasteiger partial charge in [-0.3, -0.25) is 9.89 Å². The molecule has 0 saturated carbocycles. The van der Waals surface area contributed by atoms with Crippen molar-refractivity contribution in [2.75, 3.05) is 32.8 Å². The molecule has 1 aliphatic heterocycles. The molecule has 0 bridgehead atoms. The van der Waals surface area contributed by atoms with Crippen LogP contribution in [0.15, 0.2) is 65.7 Å². The summed E-state index contributed by atoms with van der Waals surface area (Å²) in [7, 11) is 0. The first-order chi connectivity index (χ1) is 15.3. The fourth-order valence-corrected chi connectivity index (χ4v) is 3.86. The van der Waals surface area contributed by atoms with Crippen LogP contribution in [0.25, 0.3) is 0 Å². The third kappa shape index (κ3) is 10.3. The molecule has 0 unspecified atom stereocenters. The highest BCUT2D eigenvalue weighted by Gasteiger charge is 2.19. The lowest BCUT2D eigenvalue weighted by Gasteiger charge is -2.33. The van der Waals surface area contributed by atoms with Gasteiger partial charge in [0.1, 0.15) is 0 Å². The normalized spacial score (nSPS) is 15.2. The van der Waals surface area contributed by atoms with Gasteiger partial charge in [0.05, 0.1) is 6.61 Å². The van der Waals surface area contributed by atoms with Gasteiger partial charge < -0.3 is 15.4 Å². The highest BCUT2D eigenvalue weighted by molar-refractivity contribution is 14.0. The lowest BCUT2D eigenvalue weighted by Crippen LogP contribution is -2.48. The lowest BCUT2D eigenvalue weighted by molar-refractivity contribution is 0.117. The zero-order valence-corrected chi connectivity index (χ0v) is 21.7. The van der Waals surface area contributed by atoms with E-state index in [9.17, 15) is 0 Å². The van der Waals surface area contributed by atoms with Crippen molar-refractivity contribution in [2.45, 2.75) is 51.8 Å². The van der Waals surface area contributed by atoms with Crippen LogP contribution in [0.3, 0.4) is 0 Å². The van der Waals surface area contributed by atoms with Gasteiger partial charge in [0.2, 0.25) is 0 Å². The van der Waals surface area contributed by atoms with Gasteiger partial charge >= 0.3 is 0 Å². The van der Waals surface area contributed by atoms with Gasteiger partial charge in [-0.25, -0.2) is 0 Å². The maximum Gasteiger partial charge on any atom is 0.191 e. The monoisotopic (exact) mass is 550 g/mol. The molecule has 32 heavy (non-hydrogen) atoms. The molecule has 6 heteroatoms. The summed E-state index contributed by atoms with van der Waals surface area (Å²) in [6, 6.07) is 21.6. The van der Waals surface area contributed by atoms with Crippen molar-refractivity contribution in [1.29, 1.82) is 0 Å². The second-order valence-electron chi connectivity index (χ2n) is 8.19. The third-order valence-corrected chi connectivity index (χ3v) is 5.60. The van der Waals surface area contributed by atoms with Crippen LogP contribution in [0.5, 0.6) is 0 Å². The van der Waals surface area contributed by atoms with Gasteiger partial charge in [-0.05, 0) is 43.7 Å². The van der Waals surface area contributed by atoms with Crippen molar-refractivity contribution in [3.63, 3.8) is 0 Å². The molecule has 1 saturated heterocycles. The average Bonchev–Trinajstić information content (AvgIpc) is 2.81. The molecule has 2 aromatic carbocycles. The molecule has 2 N–H and O–H groups in total. The first-order valence-corrected chi connectivity index (χ1v) is 11.8. The average molecular weight is 551 g/mol. The maximum atomic E-state index is 5.76. The minimum absolute atomic E-state index is 0. The zero-order chi connectivity index (χ0) is 21.6. The molecule has 1 heterocycles. The fourth-order valence-electron chi connectivity index (χ4n) is 3.86. The van der Waals surface area contributed by atoms with Crippen LogP contribution in [0.4, 0.5) is 0 Å². The summed E-state index contributed by atoms with van der Waals surface area (Å²) in [5, 5.41) is 7.04. The van der Waals surface area contributed by atoms with Crippen LogP contribution in [0, 0.1) is 0 Å². The molecule has 1 fully saturated rings. The maximum absolute atomic E-state index is 5.76. The Hall–Kier alpha value is -1.64. The molecular formula is C26H39IN4O. The summed E-state index contributed by atoms with van der Waals surface area (Å²) in [5.41, 5.74) is 2.63. The topological polar surface area (TPSA) is 48.9 Å². The van der Waals surface area contributed by atoms with Crippen molar-refractivity contribution >= 4 is 29.9 Å². The predicted octanol–water partition coefficient (Wildman–Crippen LogP) is 4.82. The van der Waals surface area contributed by atoms with E-state index in [2.05, 4.69) is 77.1 Å². The van der Waals surface area contributed by atoms with Gasteiger partial charge in [0.15, 0.2) is 5.96 Å². The van der Waals surface area contributed by atoms with Crippen molar-refractivity contribution in [2.24, 2.45) is 4.99 Å². The minimum atomic E-state index is 0. The number of halogens is 1. The molecule has 176 valence electrons. The summed E-state index contributed by atoms with van der Waals surface area (Å²) >= 11 is 0. The first kappa shape index (κ1) is 26.6. The van der Waals surface area contributed by atoms with Gasteiger partial charge in [-0.15, -0.1) is 24.0 Å². The largest absolute Gasteiger partial charge is 0.377 e. The van der Waals surface area contributed by atoms with Gasteiger partial charge in [-0.1, -0.05) is 60.7 Å². The van der Waals surface area contributed by atoms with E-state index in [0.29, 0.717) is 12.6 Å². The van der Waals surface area contributed by atoms with Gasteiger partial charge in [0, 0.05) is 45.4 Å². The number of hydrogen-bond acceptors (Lipinski definition) is 3. The molecule has 0 aliphatic carbocycles. The van der Waals surface area contributed by atoms with E-state index in [1.54, 1.807) is 0 Å². The van der Waals surface area contributed by atoms with E-state index < -0.39 is 0 Å². The summed E-state index contributed by atoms with van der Waals surface area (Å²) in [5.74, 6) is 0.953. The number of unbranched alkanes of at least 4 members (excludes halogenated alkanes) is 1. The van der Waals surface area contributed by atoms with Crippen molar-refractivity contribution in [1.82, 2.24) is 15.5 Å². The molecule has 0 spiro atoms. The number of likely N-dealkylation sites (tertiary alicyclic amines) is 1. The Morgan fingerprint density at radius 2 is 1.62 bits per heavy atom. The Morgan fingerprint density at radius 1 is 0.969 bits per heavy atom. The SMILES string of the molecule is CCNC(=NCCCCOCc1ccccc1)NC1CCN(Cc2ccccc2)CC1.I. The number of hydrogen-bond donors (Lipinski definition) is 2. The van der Waals surface area contributed by atoms with Crippen molar-refractivity contribution < 1.29 is 4.74 Å². The number of aliphatic imine (C=N–C) groups is 1. The van der Waals surface area contributed by atoms with Crippen molar-refractivity contribution in [3.8, 4) is 0 Å². The van der Waals surface area contributed by atoms with Crippen LogP contribution < -0.4 is 10.6 Å². The predicted molar refractivity (Wildman–Crippen MR) is 145 cm³/mol. The number of piperidine rings is 1. The number of nitrogens with one attached hydrogen (secondary N) is 2. The van der Waals surface area contributed by atoms with Gasteiger partial charge in [-0.2, -0.15) is 0 Å². The van der Waals surface area contributed by atoms with E-state index in [1.165, 1.54) is 11.1 Å². The molecule has 0 aromatic heterocycles. The zero-order valence-electron chi connectivity index (χ0n) is 19.3. The van der Waals surface area contributed by atoms with Crippen LogP contribution in [0.2, 0.25) is 0 Å². The molecule has 0 atom stereocenters. The van der Waals surface area contributed by atoms with Crippen LogP contribution in [-0.2, 0) is 17.9 Å². The Bertz CT molecular complexity index is 749. The van der Waals surface area contributed by atoms with E-state index in [0.717, 1.165) is 71.0 Å². The third-order valence-electron chi connectivity index (χ3n) is 5.60. The number of rotatable bonds is 11. The van der Waals surface area contributed by atoms with E-state index in [4.69, 9.17) is 9.73 Å². The quantitative estimate of drug-likeness (QED) is 0.182. The molecule has 5 nitrogen and oxygen atoms in total. The number of nitrogens with zero attached hydrogens (tertiary/aromatic N) is 2. The molecule has 0 amide bonds. The van der Waals surface area contributed by atoms with Crippen molar-refractivity contribution in [3.05, 3.63) is 71.8 Å². The first-order valence-electron chi connectivity index (χ1n) is 11.8. The number of guanidine groups is 1. The molecular weight excluding hydrogens is 511 g/mol. The number of benzene rings is 2. The lowest BCUT2D eigenvalue weighted by atomic mass is 10.0. The minimum Gasteiger partial charge on any atom is -0.377 e. The second kappa shape index (κ2) is 16.0. The Labute approximate surface area is 211 Å². The summed E-state index contributed by atoms with van der Waals surface area (Å²) < 4.78 is 5.76. The Morgan fingerprint density at radius 3 is 2.28 bits per heavy atom. The fraction of sp³-hybridized carbons (Fsp3) is 0.500. The summed E-state index contributed by atoms with van der Waals surface area (Å²) in [6.45, 7) is 8.63. The van der Waals surface area contributed by atoms with Gasteiger partial charge in [0.25, 0.3) is 0 Å². The Kier molecular flexibility index (Phi) is 13.3. The number of ether oxygens (including phenoxy) is 1. The van der Waals surface area contributed by atoms with Crippen LogP contribution in [0.1, 0.15) is 43.7 Å². The molecule has 1 aliphatic rings. The molecule has 2 aromatic rings. The Balaban J connectivity index is 0.00000363. The van der Waals surface area contributed by atoms with Crippen LogP contribution >= 0.6 is 24.0 Å². The molecule has 3 rings (SSSR count). The molecule has 0 radical (unpaired) electrons.